The van der Waals surface area contributed by atoms with E-state index in [0.29, 0.717) is 6.42 Å². The molecule has 4 nitrogen and oxygen atoms in total. The minimum Gasteiger partial charge on any atom is -0.481 e. The third kappa shape index (κ3) is 2.50. The number of piperidine rings is 1. The number of aliphatic carboxylic acids is 1. The summed E-state index contributed by atoms with van der Waals surface area (Å²) in [6.45, 7) is 3.27. The number of carbonyl (C=O) groups excluding carboxylic acids is 1. The van der Waals surface area contributed by atoms with Crippen LogP contribution in [0, 0.1) is 23.2 Å². The van der Waals surface area contributed by atoms with Gasteiger partial charge in [0.2, 0.25) is 5.91 Å². The van der Waals surface area contributed by atoms with E-state index < -0.39 is 41.2 Å². The molecule has 0 aromatic carbocycles. The molecule has 1 aliphatic carbocycles. The van der Waals surface area contributed by atoms with Gasteiger partial charge in [-0.25, -0.2) is 0 Å². The highest BCUT2D eigenvalue weighted by molar-refractivity contribution is 5.91. The van der Waals surface area contributed by atoms with Crippen molar-refractivity contribution in [1.82, 2.24) is 4.90 Å². The summed E-state index contributed by atoms with van der Waals surface area (Å²) < 4.78 is 38.2. The summed E-state index contributed by atoms with van der Waals surface area (Å²) in [5.74, 6) is -4.49. The SMILES string of the molecule is CC1(C)[C@H](C(=O)O)[C@@H]1C(=O)N1CCCC(C(F)(F)F)C1. The number of carboxylic acids is 1. The molecule has 0 spiro atoms. The molecule has 2 aliphatic rings. The number of hydrogen-bond donors (Lipinski definition) is 1. The average Bonchev–Trinajstić information content (AvgIpc) is 2.90. The van der Waals surface area contributed by atoms with Gasteiger partial charge in [-0.2, -0.15) is 13.2 Å². The fourth-order valence-electron chi connectivity index (χ4n) is 3.20. The number of rotatable bonds is 2. The lowest BCUT2D eigenvalue weighted by atomic mass is 9.96. The Bertz CT molecular complexity index is 433. The van der Waals surface area contributed by atoms with E-state index in [1.54, 1.807) is 13.8 Å². The minimum atomic E-state index is -4.30. The molecule has 1 N–H and O–H groups in total. The topological polar surface area (TPSA) is 57.6 Å². The molecule has 0 radical (unpaired) electrons. The highest BCUT2D eigenvalue weighted by atomic mass is 19.4. The molecule has 0 aromatic rings. The van der Waals surface area contributed by atoms with Crippen molar-refractivity contribution in [1.29, 1.82) is 0 Å². The van der Waals surface area contributed by atoms with Crippen molar-refractivity contribution < 1.29 is 27.9 Å². The van der Waals surface area contributed by atoms with Crippen LogP contribution in [0.2, 0.25) is 0 Å². The van der Waals surface area contributed by atoms with Crippen molar-refractivity contribution in [2.24, 2.45) is 23.2 Å². The normalized spacial score (nSPS) is 32.9. The van der Waals surface area contributed by atoms with Gasteiger partial charge in [0.05, 0.1) is 17.8 Å². The van der Waals surface area contributed by atoms with Gasteiger partial charge in [0.15, 0.2) is 0 Å². The molecule has 1 amide bonds. The van der Waals surface area contributed by atoms with Crippen LogP contribution in [0.1, 0.15) is 26.7 Å². The maximum absolute atomic E-state index is 12.7. The van der Waals surface area contributed by atoms with E-state index in [1.165, 1.54) is 4.90 Å². The Morgan fingerprint density at radius 3 is 2.30 bits per heavy atom. The molecule has 7 heteroatoms. The first-order valence-corrected chi connectivity index (χ1v) is 6.65. The number of likely N-dealkylation sites (tertiary alicyclic amines) is 1. The highest BCUT2D eigenvalue weighted by Gasteiger charge is 2.66. The quantitative estimate of drug-likeness (QED) is 0.848. The van der Waals surface area contributed by atoms with E-state index in [0.717, 1.165) is 0 Å². The minimum absolute atomic E-state index is 0.0314. The lowest BCUT2D eigenvalue weighted by Crippen LogP contribution is -2.45. The lowest BCUT2D eigenvalue weighted by molar-refractivity contribution is -0.188. The molecule has 1 heterocycles. The van der Waals surface area contributed by atoms with Crippen LogP contribution >= 0.6 is 0 Å². The zero-order valence-electron chi connectivity index (χ0n) is 11.4. The molecule has 2 fully saturated rings. The third-order valence-electron chi connectivity index (χ3n) is 4.56. The van der Waals surface area contributed by atoms with Crippen molar-refractivity contribution >= 4 is 11.9 Å². The second-order valence-electron chi connectivity index (χ2n) is 6.28. The fraction of sp³-hybridized carbons (Fsp3) is 0.846. The van der Waals surface area contributed by atoms with Gasteiger partial charge in [0, 0.05) is 13.1 Å². The van der Waals surface area contributed by atoms with Crippen LogP contribution in [0.4, 0.5) is 13.2 Å². The van der Waals surface area contributed by atoms with Crippen molar-refractivity contribution in [3.05, 3.63) is 0 Å². The summed E-state index contributed by atoms with van der Waals surface area (Å²) >= 11 is 0. The van der Waals surface area contributed by atoms with Gasteiger partial charge in [-0.1, -0.05) is 13.8 Å². The van der Waals surface area contributed by atoms with Gasteiger partial charge in [-0.05, 0) is 18.3 Å². The number of alkyl halides is 3. The molecule has 3 atom stereocenters. The standard InChI is InChI=1S/C13H18F3NO3/c1-12(2)8(9(12)11(19)20)10(18)17-5-3-4-7(6-17)13(14,15)16/h7-9H,3-6H2,1-2H3,(H,19,20)/t7?,8-,9+/m1/s1. The van der Waals surface area contributed by atoms with E-state index in [2.05, 4.69) is 0 Å². The Balaban J connectivity index is 2.06. The van der Waals surface area contributed by atoms with Crippen molar-refractivity contribution in [3.63, 3.8) is 0 Å². The summed E-state index contributed by atoms with van der Waals surface area (Å²) in [7, 11) is 0. The molecular weight excluding hydrogens is 275 g/mol. The van der Waals surface area contributed by atoms with E-state index in [-0.39, 0.29) is 19.5 Å². The number of hydrogen-bond acceptors (Lipinski definition) is 2. The predicted molar refractivity (Wildman–Crippen MR) is 63.8 cm³/mol. The second-order valence-corrected chi connectivity index (χ2v) is 6.28. The average molecular weight is 293 g/mol. The van der Waals surface area contributed by atoms with Gasteiger partial charge in [0.1, 0.15) is 0 Å². The molecule has 0 aromatic heterocycles. The summed E-state index contributed by atoms with van der Waals surface area (Å²) in [5.41, 5.74) is -0.673. The van der Waals surface area contributed by atoms with E-state index in [9.17, 15) is 22.8 Å². The van der Waals surface area contributed by atoms with Crippen LogP contribution in [0.5, 0.6) is 0 Å². The molecule has 1 unspecified atom stereocenters. The van der Waals surface area contributed by atoms with Gasteiger partial charge in [0.25, 0.3) is 0 Å². The monoisotopic (exact) mass is 293 g/mol. The highest BCUT2D eigenvalue weighted by Crippen LogP contribution is 2.59. The Morgan fingerprint density at radius 1 is 1.25 bits per heavy atom. The summed E-state index contributed by atoms with van der Waals surface area (Å²) in [6.07, 6.45) is -3.96. The summed E-state index contributed by atoms with van der Waals surface area (Å²) in [4.78, 5) is 24.5. The van der Waals surface area contributed by atoms with Crippen LogP contribution < -0.4 is 0 Å². The first-order chi connectivity index (χ1) is 9.06. The number of carboxylic acid groups (broad SMARTS) is 1. The Kier molecular flexibility index (Phi) is 3.50. The molecule has 1 aliphatic heterocycles. The number of halogens is 3. The van der Waals surface area contributed by atoms with Crippen LogP contribution in [-0.2, 0) is 9.59 Å². The van der Waals surface area contributed by atoms with Crippen molar-refractivity contribution in [3.8, 4) is 0 Å². The van der Waals surface area contributed by atoms with Gasteiger partial charge >= 0.3 is 12.1 Å². The van der Waals surface area contributed by atoms with Crippen LogP contribution in [0.25, 0.3) is 0 Å². The summed E-state index contributed by atoms with van der Waals surface area (Å²) in [5, 5.41) is 9.04. The second kappa shape index (κ2) is 4.63. The molecule has 20 heavy (non-hydrogen) atoms. The number of nitrogens with zero attached hydrogens (tertiary/aromatic N) is 1. The molecule has 2 rings (SSSR count). The van der Waals surface area contributed by atoms with Crippen LogP contribution in [0.15, 0.2) is 0 Å². The smallest absolute Gasteiger partial charge is 0.393 e. The predicted octanol–water partition coefficient (Wildman–Crippen LogP) is 2.14. The molecular formula is C13H18F3NO3. The van der Waals surface area contributed by atoms with Gasteiger partial charge < -0.3 is 10.0 Å². The maximum Gasteiger partial charge on any atom is 0.393 e. The number of carbonyl (C=O) groups is 2. The first-order valence-electron chi connectivity index (χ1n) is 6.65. The molecule has 0 bridgehead atoms. The molecule has 1 saturated heterocycles. The largest absolute Gasteiger partial charge is 0.481 e. The maximum atomic E-state index is 12.7. The fourth-order valence-corrected chi connectivity index (χ4v) is 3.20. The Morgan fingerprint density at radius 2 is 1.85 bits per heavy atom. The first kappa shape index (κ1) is 15.1. The third-order valence-corrected chi connectivity index (χ3v) is 4.56. The Labute approximate surface area is 114 Å². The van der Waals surface area contributed by atoms with Crippen LogP contribution in [0.3, 0.4) is 0 Å². The van der Waals surface area contributed by atoms with Crippen molar-refractivity contribution in [2.45, 2.75) is 32.9 Å². The van der Waals surface area contributed by atoms with E-state index >= 15 is 0 Å². The molecule has 1 saturated carbocycles. The van der Waals surface area contributed by atoms with E-state index in [1.807, 2.05) is 0 Å². The Hall–Kier alpha value is -1.27. The van der Waals surface area contributed by atoms with Gasteiger partial charge in [-0.3, -0.25) is 9.59 Å². The molecule has 114 valence electrons. The van der Waals surface area contributed by atoms with Crippen molar-refractivity contribution in [2.75, 3.05) is 13.1 Å². The summed E-state index contributed by atoms with van der Waals surface area (Å²) in [6, 6.07) is 0. The van der Waals surface area contributed by atoms with Gasteiger partial charge in [-0.15, -0.1) is 0 Å². The van der Waals surface area contributed by atoms with E-state index in [4.69, 9.17) is 5.11 Å². The zero-order valence-corrected chi connectivity index (χ0v) is 11.4. The number of amides is 1. The lowest BCUT2D eigenvalue weighted by Gasteiger charge is -2.34. The zero-order chi connectivity index (χ0) is 15.3. The van der Waals surface area contributed by atoms with Crippen LogP contribution in [-0.4, -0.2) is 41.1 Å².